The lowest BCUT2D eigenvalue weighted by molar-refractivity contribution is -0.187. The van der Waals surface area contributed by atoms with Gasteiger partial charge in [0.25, 0.3) is 0 Å². The number of hydrogen-bond acceptors (Lipinski definition) is 4. The van der Waals surface area contributed by atoms with Crippen molar-refractivity contribution in [2.24, 2.45) is 0 Å². The highest BCUT2D eigenvalue weighted by molar-refractivity contribution is 5.76. The summed E-state index contributed by atoms with van der Waals surface area (Å²) in [4.78, 5) is 14.0. The highest BCUT2D eigenvalue weighted by Crippen LogP contribution is 2.31. The number of anilines is 1. The number of rotatable bonds is 4. The first kappa shape index (κ1) is 15.2. The van der Waals surface area contributed by atoms with Crippen LogP contribution in [0.25, 0.3) is 0 Å². The Kier molecular flexibility index (Phi) is 4.59. The molecule has 0 unspecified atom stereocenters. The molecule has 1 spiro atoms. The maximum absolute atomic E-state index is 13.5. The van der Waals surface area contributed by atoms with E-state index in [9.17, 15) is 9.18 Å². The fourth-order valence-electron chi connectivity index (χ4n) is 2.95. The smallest absolute Gasteiger partial charge is 0.224 e. The number of halogens is 1. The third-order valence-electron chi connectivity index (χ3n) is 4.22. The van der Waals surface area contributed by atoms with E-state index in [4.69, 9.17) is 9.47 Å². The summed E-state index contributed by atoms with van der Waals surface area (Å²) in [5.41, 5.74) is 0.431. The van der Waals surface area contributed by atoms with Crippen molar-refractivity contribution in [1.82, 2.24) is 4.90 Å². The quantitative estimate of drug-likeness (QED) is 0.924. The van der Waals surface area contributed by atoms with Crippen LogP contribution in [0.3, 0.4) is 0 Å². The number of hydrogen-bond donors (Lipinski definition) is 1. The lowest BCUT2D eigenvalue weighted by Crippen LogP contribution is -2.47. The summed E-state index contributed by atoms with van der Waals surface area (Å²) in [6.07, 6.45) is 1.79. The SMILES string of the molecule is O=C(CCNc1ccccc1F)N1CCC2(CC1)OCCO2. The van der Waals surface area contributed by atoms with Gasteiger partial charge in [-0.05, 0) is 12.1 Å². The normalized spacial score (nSPS) is 20.3. The van der Waals surface area contributed by atoms with Gasteiger partial charge in [0, 0.05) is 38.9 Å². The molecule has 2 saturated heterocycles. The molecule has 3 rings (SSSR count). The Labute approximate surface area is 129 Å². The number of nitrogens with zero attached hydrogens (tertiary/aromatic N) is 1. The number of carbonyl (C=O) groups excluding carboxylic acids is 1. The molecule has 0 aliphatic carbocycles. The average Bonchev–Trinajstić information content (AvgIpc) is 2.98. The molecular formula is C16H21FN2O3. The van der Waals surface area contributed by atoms with Crippen molar-refractivity contribution in [3.8, 4) is 0 Å². The molecule has 0 bridgehead atoms. The van der Waals surface area contributed by atoms with Crippen LogP contribution in [0.5, 0.6) is 0 Å². The number of carbonyl (C=O) groups is 1. The van der Waals surface area contributed by atoms with Crippen LogP contribution in [0, 0.1) is 5.82 Å². The van der Waals surface area contributed by atoms with E-state index in [1.807, 2.05) is 4.90 Å². The molecule has 0 atom stereocenters. The Hall–Kier alpha value is -1.66. The standard InChI is InChI=1S/C16H21FN2O3/c17-13-3-1-2-4-14(13)18-8-5-15(20)19-9-6-16(7-10-19)21-11-12-22-16/h1-4,18H,5-12H2. The first-order chi connectivity index (χ1) is 10.7. The summed E-state index contributed by atoms with van der Waals surface area (Å²) in [5.74, 6) is -0.676. The first-order valence-electron chi connectivity index (χ1n) is 7.73. The van der Waals surface area contributed by atoms with Crippen LogP contribution in [-0.4, -0.2) is 49.4 Å². The van der Waals surface area contributed by atoms with Gasteiger partial charge in [0.05, 0.1) is 18.9 Å². The van der Waals surface area contributed by atoms with Crippen molar-refractivity contribution in [3.05, 3.63) is 30.1 Å². The third kappa shape index (κ3) is 3.39. The predicted octanol–water partition coefficient (Wildman–Crippen LogP) is 1.99. The first-order valence-corrected chi connectivity index (χ1v) is 7.73. The molecule has 2 heterocycles. The average molecular weight is 308 g/mol. The third-order valence-corrected chi connectivity index (χ3v) is 4.22. The Morgan fingerprint density at radius 2 is 1.91 bits per heavy atom. The van der Waals surface area contributed by atoms with Crippen LogP contribution in [-0.2, 0) is 14.3 Å². The van der Waals surface area contributed by atoms with Gasteiger partial charge < -0.3 is 19.7 Å². The minimum atomic E-state index is -0.456. The van der Waals surface area contributed by atoms with E-state index in [0.717, 1.165) is 12.8 Å². The Morgan fingerprint density at radius 1 is 1.23 bits per heavy atom. The summed E-state index contributed by atoms with van der Waals surface area (Å²) in [7, 11) is 0. The highest BCUT2D eigenvalue weighted by Gasteiger charge is 2.40. The number of piperidine rings is 1. The second kappa shape index (κ2) is 6.62. The van der Waals surface area contributed by atoms with Gasteiger partial charge in [0.1, 0.15) is 5.82 Å². The molecular weight excluding hydrogens is 287 g/mol. The van der Waals surface area contributed by atoms with Crippen molar-refractivity contribution >= 4 is 11.6 Å². The fourth-order valence-corrected chi connectivity index (χ4v) is 2.95. The zero-order valence-corrected chi connectivity index (χ0v) is 12.5. The van der Waals surface area contributed by atoms with Crippen molar-refractivity contribution in [1.29, 1.82) is 0 Å². The number of benzene rings is 1. The molecule has 1 N–H and O–H groups in total. The Bertz CT molecular complexity index is 522. The number of nitrogens with one attached hydrogen (secondary N) is 1. The van der Waals surface area contributed by atoms with Crippen LogP contribution in [0.4, 0.5) is 10.1 Å². The van der Waals surface area contributed by atoms with E-state index in [0.29, 0.717) is 45.0 Å². The minimum absolute atomic E-state index is 0.0803. The minimum Gasteiger partial charge on any atom is -0.382 e. The second-order valence-electron chi connectivity index (χ2n) is 5.65. The van der Waals surface area contributed by atoms with Gasteiger partial charge in [-0.15, -0.1) is 0 Å². The molecule has 1 aromatic rings. The van der Waals surface area contributed by atoms with E-state index >= 15 is 0 Å². The molecule has 120 valence electrons. The molecule has 0 saturated carbocycles. The molecule has 1 aromatic carbocycles. The summed E-state index contributed by atoms with van der Waals surface area (Å²) in [6.45, 7) is 3.01. The topological polar surface area (TPSA) is 50.8 Å². The van der Waals surface area contributed by atoms with Crippen molar-refractivity contribution in [2.75, 3.05) is 38.2 Å². The predicted molar refractivity (Wildman–Crippen MR) is 80.0 cm³/mol. The molecule has 1 amide bonds. The lowest BCUT2D eigenvalue weighted by atomic mass is 10.0. The number of likely N-dealkylation sites (tertiary alicyclic amines) is 1. The molecule has 22 heavy (non-hydrogen) atoms. The van der Waals surface area contributed by atoms with Crippen molar-refractivity contribution in [3.63, 3.8) is 0 Å². The molecule has 0 aromatic heterocycles. The van der Waals surface area contributed by atoms with Crippen LogP contribution in [0.1, 0.15) is 19.3 Å². The molecule has 2 aliphatic heterocycles. The van der Waals surface area contributed by atoms with E-state index in [1.165, 1.54) is 6.07 Å². The lowest BCUT2D eigenvalue weighted by Gasteiger charge is -2.37. The van der Waals surface area contributed by atoms with Gasteiger partial charge in [0.15, 0.2) is 5.79 Å². The van der Waals surface area contributed by atoms with Gasteiger partial charge >= 0.3 is 0 Å². The number of ether oxygens (including phenoxy) is 2. The highest BCUT2D eigenvalue weighted by atomic mass is 19.1. The summed E-state index contributed by atoms with van der Waals surface area (Å²) >= 11 is 0. The largest absolute Gasteiger partial charge is 0.382 e. The monoisotopic (exact) mass is 308 g/mol. The number of para-hydroxylation sites is 1. The van der Waals surface area contributed by atoms with E-state index in [-0.39, 0.29) is 11.7 Å². The summed E-state index contributed by atoms with van der Waals surface area (Å²) in [6, 6.07) is 6.47. The summed E-state index contributed by atoms with van der Waals surface area (Å²) in [5, 5.41) is 2.96. The maximum Gasteiger partial charge on any atom is 0.224 e. The van der Waals surface area contributed by atoms with Gasteiger partial charge in [-0.3, -0.25) is 4.79 Å². The molecule has 2 fully saturated rings. The van der Waals surface area contributed by atoms with Crippen LogP contribution >= 0.6 is 0 Å². The maximum atomic E-state index is 13.5. The van der Waals surface area contributed by atoms with Gasteiger partial charge in [-0.25, -0.2) is 4.39 Å². The van der Waals surface area contributed by atoms with Crippen LogP contribution in [0.15, 0.2) is 24.3 Å². The molecule has 0 radical (unpaired) electrons. The molecule has 2 aliphatic rings. The fraction of sp³-hybridized carbons (Fsp3) is 0.562. The number of amides is 1. The summed E-state index contributed by atoms with van der Waals surface area (Å²) < 4.78 is 24.7. The van der Waals surface area contributed by atoms with Gasteiger partial charge in [-0.2, -0.15) is 0 Å². The van der Waals surface area contributed by atoms with E-state index in [1.54, 1.807) is 18.2 Å². The zero-order valence-electron chi connectivity index (χ0n) is 12.5. The van der Waals surface area contributed by atoms with Crippen molar-refractivity contribution in [2.45, 2.75) is 25.0 Å². The van der Waals surface area contributed by atoms with E-state index in [2.05, 4.69) is 5.32 Å². The van der Waals surface area contributed by atoms with Crippen LogP contribution in [0.2, 0.25) is 0 Å². The van der Waals surface area contributed by atoms with Gasteiger partial charge in [-0.1, -0.05) is 12.1 Å². The Balaban J connectivity index is 1.42. The Morgan fingerprint density at radius 3 is 2.59 bits per heavy atom. The molecule has 5 nitrogen and oxygen atoms in total. The van der Waals surface area contributed by atoms with Crippen LogP contribution < -0.4 is 5.32 Å². The zero-order chi connectivity index (χ0) is 15.4. The van der Waals surface area contributed by atoms with Crippen molar-refractivity contribution < 1.29 is 18.7 Å². The van der Waals surface area contributed by atoms with E-state index < -0.39 is 5.79 Å². The second-order valence-corrected chi connectivity index (χ2v) is 5.65. The molecule has 6 heteroatoms. The van der Waals surface area contributed by atoms with Gasteiger partial charge in [0.2, 0.25) is 5.91 Å².